The summed E-state index contributed by atoms with van der Waals surface area (Å²) in [4.78, 5) is 9.60. The molecule has 3 rings (SSSR count). The third-order valence-electron chi connectivity index (χ3n) is 4.76. The number of rotatable bonds is 4. The van der Waals surface area contributed by atoms with E-state index in [-0.39, 0.29) is 0 Å². The third kappa shape index (κ3) is 2.67. The number of piperazine rings is 1. The third-order valence-corrected chi connectivity index (χ3v) is 4.76. The molecular formula is C16H25N3O. The molecule has 2 fully saturated rings. The molecule has 1 aliphatic carbocycles. The Hall–Kier alpha value is -1.13. The van der Waals surface area contributed by atoms with E-state index in [2.05, 4.69) is 34.7 Å². The first-order valence-corrected chi connectivity index (χ1v) is 7.61. The predicted octanol–water partition coefficient (Wildman–Crippen LogP) is 2.15. The van der Waals surface area contributed by atoms with Gasteiger partial charge in [-0.05, 0) is 32.3 Å². The fourth-order valence-corrected chi connectivity index (χ4v) is 3.20. The van der Waals surface area contributed by atoms with Crippen LogP contribution in [0.1, 0.15) is 32.3 Å². The lowest BCUT2D eigenvalue weighted by atomic mass is 10.1. The summed E-state index contributed by atoms with van der Waals surface area (Å²) in [6.45, 7) is 9.21. The molecule has 0 radical (unpaired) electrons. The van der Waals surface area contributed by atoms with Crippen molar-refractivity contribution >= 4 is 0 Å². The van der Waals surface area contributed by atoms with Crippen molar-refractivity contribution in [3.8, 4) is 5.88 Å². The number of nitrogens with zero attached hydrogens (tertiary/aromatic N) is 3. The Morgan fingerprint density at radius 3 is 2.65 bits per heavy atom. The van der Waals surface area contributed by atoms with E-state index >= 15 is 0 Å². The van der Waals surface area contributed by atoms with E-state index in [0.29, 0.717) is 17.5 Å². The van der Waals surface area contributed by atoms with Crippen LogP contribution in [0.5, 0.6) is 5.88 Å². The van der Waals surface area contributed by atoms with Crippen molar-refractivity contribution in [2.45, 2.75) is 44.8 Å². The molecule has 1 spiro atoms. The van der Waals surface area contributed by atoms with Gasteiger partial charge in [0.15, 0.2) is 0 Å². The topological polar surface area (TPSA) is 28.6 Å². The largest absolute Gasteiger partial charge is 0.481 e. The summed E-state index contributed by atoms with van der Waals surface area (Å²) < 4.78 is 5.12. The van der Waals surface area contributed by atoms with Crippen molar-refractivity contribution in [1.29, 1.82) is 0 Å². The molecule has 2 aliphatic rings. The lowest BCUT2D eigenvalue weighted by Crippen LogP contribution is -2.56. The normalized spacial score (nSPS) is 22.4. The molecule has 1 aliphatic heterocycles. The number of hydrogen-bond acceptors (Lipinski definition) is 4. The van der Waals surface area contributed by atoms with Crippen LogP contribution in [0.25, 0.3) is 0 Å². The van der Waals surface area contributed by atoms with Gasteiger partial charge in [0, 0.05) is 50.0 Å². The van der Waals surface area contributed by atoms with Crippen molar-refractivity contribution in [2.75, 3.05) is 26.7 Å². The minimum Gasteiger partial charge on any atom is -0.481 e. The zero-order chi connectivity index (χ0) is 14.2. The van der Waals surface area contributed by atoms with Crippen LogP contribution in [0.3, 0.4) is 0 Å². The molecule has 4 heteroatoms. The van der Waals surface area contributed by atoms with Crippen LogP contribution in [0, 0.1) is 0 Å². The van der Waals surface area contributed by atoms with Gasteiger partial charge in [0.2, 0.25) is 5.88 Å². The van der Waals surface area contributed by atoms with Gasteiger partial charge < -0.3 is 4.74 Å². The molecule has 1 saturated carbocycles. The smallest absolute Gasteiger partial charge is 0.212 e. The van der Waals surface area contributed by atoms with Crippen LogP contribution in [-0.4, -0.2) is 53.1 Å². The Bertz CT molecular complexity index is 453. The zero-order valence-electron chi connectivity index (χ0n) is 12.8. The molecule has 1 aromatic rings. The van der Waals surface area contributed by atoms with E-state index in [0.717, 1.165) is 6.54 Å². The minimum absolute atomic E-state index is 0.447. The molecular weight excluding hydrogens is 250 g/mol. The second-order valence-corrected chi connectivity index (χ2v) is 6.42. The fraction of sp³-hybridized carbons (Fsp3) is 0.688. The summed E-state index contributed by atoms with van der Waals surface area (Å²) in [6.07, 6.45) is 4.64. The van der Waals surface area contributed by atoms with Gasteiger partial charge in [-0.3, -0.25) is 9.80 Å². The van der Waals surface area contributed by atoms with Gasteiger partial charge in [0.05, 0.1) is 7.11 Å². The first-order valence-electron chi connectivity index (χ1n) is 7.61. The van der Waals surface area contributed by atoms with E-state index in [9.17, 15) is 0 Å². The summed E-state index contributed by atoms with van der Waals surface area (Å²) >= 11 is 0. The van der Waals surface area contributed by atoms with Crippen LogP contribution >= 0.6 is 0 Å². The van der Waals surface area contributed by atoms with E-state index in [4.69, 9.17) is 4.74 Å². The number of methoxy groups -OCH3 is 1. The Morgan fingerprint density at radius 2 is 2.10 bits per heavy atom. The molecule has 1 aromatic heterocycles. The maximum Gasteiger partial charge on any atom is 0.212 e. The second kappa shape index (κ2) is 5.34. The Morgan fingerprint density at radius 1 is 1.30 bits per heavy atom. The number of pyridine rings is 1. The molecule has 0 unspecified atom stereocenters. The molecule has 0 N–H and O–H groups in total. The molecule has 4 nitrogen and oxygen atoms in total. The van der Waals surface area contributed by atoms with Crippen LogP contribution in [0.15, 0.2) is 18.3 Å². The molecule has 1 saturated heterocycles. The monoisotopic (exact) mass is 275 g/mol. The number of hydrogen-bond donors (Lipinski definition) is 0. The van der Waals surface area contributed by atoms with Crippen molar-refractivity contribution in [3.05, 3.63) is 23.9 Å². The highest BCUT2D eigenvalue weighted by molar-refractivity contribution is 5.19. The average molecular weight is 275 g/mol. The lowest BCUT2D eigenvalue weighted by molar-refractivity contribution is 0.0370. The van der Waals surface area contributed by atoms with Crippen molar-refractivity contribution in [2.24, 2.45) is 0 Å². The highest BCUT2D eigenvalue weighted by Gasteiger charge is 2.51. The maximum atomic E-state index is 5.12. The molecule has 2 heterocycles. The lowest BCUT2D eigenvalue weighted by Gasteiger charge is -2.44. The van der Waals surface area contributed by atoms with Crippen molar-refractivity contribution in [3.63, 3.8) is 0 Å². The summed E-state index contributed by atoms with van der Waals surface area (Å²) in [7, 11) is 1.66. The zero-order valence-corrected chi connectivity index (χ0v) is 12.8. The van der Waals surface area contributed by atoms with Gasteiger partial charge in [-0.25, -0.2) is 4.98 Å². The molecule has 20 heavy (non-hydrogen) atoms. The van der Waals surface area contributed by atoms with E-state index < -0.39 is 0 Å². The molecule has 0 amide bonds. The number of aromatic nitrogens is 1. The highest BCUT2D eigenvalue weighted by atomic mass is 16.5. The highest BCUT2D eigenvalue weighted by Crippen LogP contribution is 2.45. The quantitative estimate of drug-likeness (QED) is 0.842. The summed E-state index contributed by atoms with van der Waals surface area (Å²) in [5, 5.41) is 0. The van der Waals surface area contributed by atoms with Gasteiger partial charge >= 0.3 is 0 Å². The van der Waals surface area contributed by atoms with Gasteiger partial charge in [-0.15, -0.1) is 0 Å². The summed E-state index contributed by atoms with van der Waals surface area (Å²) in [5.41, 5.74) is 1.73. The van der Waals surface area contributed by atoms with Gasteiger partial charge in [0.1, 0.15) is 0 Å². The molecule has 0 atom stereocenters. The van der Waals surface area contributed by atoms with E-state index in [1.165, 1.54) is 38.0 Å². The van der Waals surface area contributed by atoms with Crippen molar-refractivity contribution in [1.82, 2.24) is 14.8 Å². The fourth-order valence-electron chi connectivity index (χ4n) is 3.20. The van der Waals surface area contributed by atoms with Crippen LogP contribution in [-0.2, 0) is 6.54 Å². The molecule has 0 bridgehead atoms. The van der Waals surface area contributed by atoms with Crippen LogP contribution < -0.4 is 4.74 Å². The SMILES string of the molecule is COc1ccc(CN2CCN(C(C)C)CC23CC3)cn1. The first-order chi connectivity index (χ1) is 9.63. The first kappa shape index (κ1) is 13.8. The van der Waals surface area contributed by atoms with E-state index in [1.54, 1.807) is 7.11 Å². The Balaban J connectivity index is 1.66. The molecule has 0 aromatic carbocycles. The predicted molar refractivity (Wildman–Crippen MR) is 79.9 cm³/mol. The summed E-state index contributed by atoms with van der Waals surface area (Å²) in [6, 6.07) is 4.76. The summed E-state index contributed by atoms with van der Waals surface area (Å²) in [5.74, 6) is 0.694. The molecule has 110 valence electrons. The second-order valence-electron chi connectivity index (χ2n) is 6.42. The Labute approximate surface area is 121 Å². The van der Waals surface area contributed by atoms with Gasteiger partial charge in [-0.2, -0.15) is 0 Å². The van der Waals surface area contributed by atoms with E-state index in [1.807, 2.05) is 12.3 Å². The standard InChI is InChI=1S/C16H25N3O/c1-13(2)18-8-9-19(16(12-18)6-7-16)11-14-4-5-15(20-3)17-10-14/h4-5,10,13H,6-9,11-12H2,1-3H3. The van der Waals surface area contributed by atoms with Crippen LogP contribution in [0.4, 0.5) is 0 Å². The minimum atomic E-state index is 0.447. The Kier molecular flexibility index (Phi) is 3.69. The van der Waals surface area contributed by atoms with Crippen LogP contribution in [0.2, 0.25) is 0 Å². The average Bonchev–Trinajstić information content (AvgIpc) is 3.22. The van der Waals surface area contributed by atoms with Crippen molar-refractivity contribution < 1.29 is 4.74 Å². The number of ether oxygens (including phenoxy) is 1. The maximum absolute atomic E-state index is 5.12. The van der Waals surface area contributed by atoms with Gasteiger partial charge in [0.25, 0.3) is 0 Å². The van der Waals surface area contributed by atoms with Gasteiger partial charge in [-0.1, -0.05) is 6.07 Å².